The van der Waals surface area contributed by atoms with E-state index in [1.54, 1.807) is 11.3 Å². The van der Waals surface area contributed by atoms with E-state index in [0.717, 1.165) is 45.3 Å². The van der Waals surface area contributed by atoms with Crippen LogP contribution in [0, 0.1) is 5.92 Å². The lowest BCUT2D eigenvalue weighted by molar-refractivity contribution is -0.131. The molecule has 1 atom stereocenters. The van der Waals surface area contributed by atoms with E-state index in [1.165, 1.54) is 10.4 Å². The number of aliphatic hydroxyl groups is 1. The molecule has 1 aromatic heterocycles. The molecule has 21 heavy (non-hydrogen) atoms. The molecule has 0 saturated carbocycles. The molecule has 1 amide bonds. The SMILES string of the molecule is CCCC(CCO)CNCC(=O)N1CCc2sccc2C1. The van der Waals surface area contributed by atoms with Crippen molar-refractivity contribution in [3.63, 3.8) is 0 Å². The highest BCUT2D eigenvalue weighted by atomic mass is 32.1. The van der Waals surface area contributed by atoms with Crippen molar-refractivity contribution < 1.29 is 9.90 Å². The molecule has 118 valence electrons. The van der Waals surface area contributed by atoms with Crippen molar-refractivity contribution in [1.82, 2.24) is 10.2 Å². The number of thiophene rings is 1. The third-order valence-corrected chi connectivity index (χ3v) is 5.13. The summed E-state index contributed by atoms with van der Waals surface area (Å²) >= 11 is 1.79. The first-order valence-electron chi connectivity index (χ1n) is 7.89. The van der Waals surface area contributed by atoms with E-state index in [1.807, 2.05) is 4.90 Å². The quantitative estimate of drug-likeness (QED) is 0.772. The van der Waals surface area contributed by atoms with Crippen LogP contribution in [0.5, 0.6) is 0 Å². The molecule has 2 N–H and O–H groups in total. The van der Waals surface area contributed by atoms with Crippen LogP contribution < -0.4 is 5.32 Å². The molecule has 0 aromatic carbocycles. The summed E-state index contributed by atoms with van der Waals surface area (Å²) in [5.41, 5.74) is 1.31. The second-order valence-corrected chi connectivity index (χ2v) is 6.73. The minimum absolute atomic E-state index is 0.186. The van der Waals surface area contributed by atoms with Gasteiger partial charge < -0.3 is 15.3 Å². The Morgan fingerprint density at radius 1 is 1.52 bits per heavy atom. The summed E-state index contributed by atoms with van der Waals surface area (Å²) in [4.78, 5) is 15.6. The largest absolute Gasteiger partial charge is 0.396 e. The summed E-state index contributed by atoms with van der Waals surface area (Å²) in [6.45, 7) is 5.20. The maximum absolute atomic E-state index is 12.2. The third-order valence-electron chi connectivity index (χ3n) is 4.10. The Bertz CT molecular complexity index is 441. The van der Waals surface area contributed by atoms with Crippen molar-refractivity contribution in [2.24, 2.45) is 5.92 Å². The van der Waals surface area contributed by atoms with Crippen LogP contribution in [0.3, 0.4) is 0 Å². The second kappa shape index (κ2) is 8.51. The molecule has 0 radical (unpaired) electrons. The number of amides is 1. The van der Waals surface area contributed by atoms with Gasteiger partial charge >= 0.3 is 0 Å². The van der Waals surface area contributed by atoms with Gasteiger partial charge in [0.2, 0.25) is 5.91 Å². The van der Waals surface area contributed by atoms with E-state index in [4.69, 9.17) is 5.11 Å². The Hall–Kier alpha value is -0.910. The van der Waals surface area contributed by atoms with Crippen LogP contribution in [0.4, 0.5) is 0 Å². The standard InChI is InChI=1S/C16H26N2O2S/c1-2-3-13(5-8-19)10-17-11-16(20)18-7-4-15-14(12-18)6-9-21-15/h6,9,13,17,19H,2-5,7-8,10-12H2,1H3. The molecule has 1 aromatic rings. The third kappa shape index (κ3) is 4.80. The van der Waals surface area contributed by atoms with E-state index in [-0.39, 0.29) is 12.5 Å². The summed E-state index contributed by atoms with van der Waals surface area (Å²) in [5, 5.41) is 14.4. The molecule has 0 bridgehead atoms. The number of nitrogens with zero attached hydrogens (tertiary/aromatic N) is 1. The van der Waals surface area contributed by atoms with Crippen LogP contribution in [0.1, 0.15) is 36.6 Å². The van der Waals surface area contributed by atoms with E-state index in [9.17, 15) is 4.79 Å². The molecule has 1 unspecified atom stereocenters. The molecule has 2 rings (SSSR count). The molecule has 0 spiro atoms. The first kappa shape index (κ1) is 16.5. The van der Waals surface area contributed by atoms with Crippen LogP contribution in [0.2, 0.25) is 0 Å². The number of carbonyl (C=O) groups is 1. The smallest absolute Gasteiger partial charge is 0.236 e. The number of nitrogens with one attached hydrogen (secondary N) is 1. The van der Waals surface area contributed by atoms with Gasteiger partial charge in [0.15, 0.2) is 0 Å². The zero-order valence-electron chi connectivity index (χ0n) is 12.8. The minimum atomic E-state index is 0.186. The predicted molar refractivity (Wildman–Crippen MR) is 86.4 cm³/mol. The minimum Gasteiger partial charge on any atom is -0.396 e. The summed E-state index contributed by atoms with van der Waals surface area (Å²) in [5.74, 6) is 0.656. The second-order valence-electron chi connectivity index (χ2n) is 5.73. The zero-order chi connectivity index (χ0) is 15.1. The monoisotopic (exact) mass is 310 g/mol. The first-order valence-corrected chi connectivity index (χ1v) is 8.77. The van der Waals surface area contributed by atoms with Crippen LogP contribution in [-0.2, 0) is 17.8 Å². The molecular formula is C16H26N2O2S. The van der Waals surface area contributed by atoms with E-state index < -0.39 is 0 Å². The average Bonchev–Trinajstić information content (AvgIpc) is 2.95. The zero-order valence-corrected chi connectivity index (χ0v) is 13.6. The Labute approximate surface area is 131 Å². The number of carbonyl (C=O) groups excluding carboxylic acids is 1. The Morgan fingerprint density at radius 3 is 3.14 bits per heavy atom. The van der Waals surface area contributed by atoms with Crippen molar-refractivity contribution in [3.05, 3.63) is 21.9 Å². The van der Waals surface area contributed by atoms with E-state index in [0.29, 0.717) is 12.5 Å². The van der Waals surface area contributed by atoms with Gasteiger partial charge in [0.05, 0.1) is 6.54 Å². The highest BCUT2D eigenvalue weighted by Gasteiger charge is 2.21. The summed E-state index contributed by atoms with van der Waals surface area (Å²) in [6.07, 6.45) is 4.02. The van der Waals surface area contributed by atoms with Gasteiger partial charge in [-0.1, -0.05) is 13.3 Å². The van der Waals surface area contributed by atoms with Crippen molar-refractivity contribution >= 4 is 17.2 Å². The number of aliphatic hydroxyl groups excluding tert-OH is 1. The molecule has 4 nitrogen and oxygen atoms in total. The fraction of sp³-hybridized carbons (Fsp3) is 0.688. The summed E-state index contributed by atoms with van der Waals surface area (Å²) in [7, 11) is 0. The Morgan fingerprint density at radius 2 is 2.38 bits per heavy atom. The molecule has 0 fully saturated rings. The Kier molecular flexibility index (Phi) is 6.67. The fourth-order valence-electron chi connectivity index (χ4n) is 2.90. The number of hydrogen-bond donors (Lipinski definition) is 2. The average molecular weight is 310 g/mol. The summed E-state index contributed by atoms with van der Waals surface area (Å²) < 4.78 is 0. The number of fused-ring (bicyclic) bond motifs is 1. The van der Waals surface area contributed by atoms with Crippen LogP contribution in [0.25, 0.3) is 0 Å². The molecule has 5 heteroatoms. The van der Waals surface area contributed by atoms with Crippen molar-refractivity contribution in [2.75, 3.05) is 26.2 Å². The molecule has 1 aliphatic heterocycles. The van der Waals surface area contributed by atoms with Crippen LogP contribution >= 0.6 is 11.3 Å². The van der Waals surface area contributed by atoms with Gasteiger partial charge in [-0.25, -0.2) is 0 Å². The molecule has 2 heterocycles. The lowest BCUT2D eigenvalue weighted by Crippen LogP contribution is -2.41. The number of hydrogen-bond acceptors (Lipinski definition) is 4. The normalized spacial score (nSPS) is 15.8. The Balaban J connectivity index is 1.72. The molecule has 1 aliphatic rings. The molecule has 0 aliphatic carbocycles. The highest BCUT2D eigenvalue weighted by molar-refractivity contribution is 7.10. The van der Waals surface area contributed by atoms with Gasteiger partial charge in [-0.2, -0.15) is 0 Å². The fourth-order valence-corrected chi connectivity index (χ4v) is 3.79. The van der Waals surface area contributed by atoms with Gasteiger partial charge in [-0.05, 0) is 48.7 Å². The highest BCUT2D eigenvalue weighted by Crippen LogP contribution is 2.23. The van der Waals surface area contributed by atoms with E-state index in [2.05, 4.69) is 23.7 Å². The van der Waals surface area contributed by atoms with Crippen LogP contribution in [0.15, 0.2) is 11.4 Å². The maximum Gasteiger partial charge on any atom is 0.236 e. The van der Waals surface area contributed by atoms with Gasteiger partial charge in [0.25, 0.3) is 0 Å². The van der Waals surface area contributed by atoms with Crippen molar-refractivity contribution in [1.29, 1.82) is 0 Å². The van der Waals surface area contributed by atoms with E-state index >= 15 is 0 Å². The lowest BCUT2D eigenvalue weighted by Gasteiger charge is -2.27. The van der Waals surface area contributed by atoms with Gasteiger partial charge in [-0.15, -0.1) is 11.3 Å². The van der Waals surface area contributed by atoms with Crippen molar-refractivity contribution in [2.45, 2.75) is 39.2 Å². The van der Waals surface area contributed by atoms with Crippen molar-refractivity contribution in [3.8, 4) is 0 Å². The lowest BCUT2D eigenvalue weighted by atomic mass is 10.0. The molecular weight excluding hydrogens is 284 g/mol. The summed E-state index contributed by atoms with van der Waals surface area (Å²) in [6, 6.07) is 2.13. The maximum atomic E-state index is 12.2. The van der Waals surface area contributed by atoms with Gasteiger partial charge in [0.1, 0.15) is 0 Å². The van der Waals surface area contributed by atoms with Crippen LogP contribution in [-0.4, -0.2) is 42.2 Å². The molecule has 0 saturated heterocycles. The first-order chi connectivity index (χ1) is 10.2. The number of rotatable bonds is 8. The topological polar surface area (TPSA) is 52.6 Å². The van der Waals surface area contributed by atoms with Gasteiger partial charge in [-0.3, -0.25) is 4.79 Å². The van der Waals surface area contributed by atoms with Gasteiger partial charge in [0, 0.05) is 24.6 Å². The predicted octanol–water partition coefficient (Wildman–Crippen LogP) is 2.02.